The minimum Gasteiger partial charge on any atom is -0.392 e. The molecule has 4 nitrogen and oxygen atoms in total. The van der Waals surface area contributed by atoms with Crippen molar-refractivity contribution in [3.63, 3.8) is 0 Å². The van der Waals surface area contributed by atoms with Gasteiger partial charge in [-0.1, -0.05) is 24.3 Å². The number of nitrogens with zero attached hydrogens (tertiary/aromatic N) is 2. The summed E-state index contributed by atoms with van der Waals surface area (Å²) in [5.74, 6) is -0.290. The molecule has 2 atom stereocenters. The van der Waals surface area contributed by atoms with Gasteiger partial charge in [-0.25, -0.2) is 4.39 Å². The average molecular weight is 342 g/mol. The van der Waals surface area contributed by atoms with Crippen LogP contribution in [0.3, 0.4) is 0 Å². The average Bonchev–Trinajstić information content (AvgIpc) is 2.95. The van der Waals surface area contributed by atoms with Crippen LogP contribution >= 0.6 is 0 Å². The fourth-order valence-corrected chi connectivity index (χ4v) is 3.38. The maximum Gasteiger partial charge on any atom is 0.253 e. The fraction of sp³-hybridized carbons (Fsp3) is 0.350. The number of carbonyl (C=O) groups is 1. The third-order valence-corrected chi connectivity index (χ3v) is 4.60. The third kappa shape index (κ3) is 4.06. The second-order valence-electron chi connectivity index (χ2n) is 6.79. The van der Waals surface area contributed by atoms with Crippen molar-refractivity contribution in [1.29, 1.82) is 0 Å². The number of hydrogen-bond acceptors (Lipinski definition) is 3. The highest BCUT2D eigenvalue weighted by molar-refractivity contribution is 5.94. The number of aliphatic hydroxyl groups excluding tert-OH is 1. The SMILES string of the molecule is CN(C)C(=O)c1cccc(CN2C[C@@H](O)C[C@H]2c2ccc(F)cc2)c1. The number of halogens is 1. The van der Waals surface area contributed by atoms with Crippen molar-refractivity contribution in [2.75, 3.05) is 20.6 Å². The molecule has 2 aromatic carbocycles. The minimum atomic E-state index is -0.401. The standard InChI is InChI=1S/C20H23FN2O2/c1-22(2)20(25)16-5-3-4-14(10-16)12-23-13-18(24)11-19(23)15-6-8-17(21)9-7-15/h3-10,18-19,24H,11-13H2,1-2H3/t18-,19-/m0/s1. The van der Waals surface area contributed by atoms with Crippen LogP contribution in [0.25, 0.3) is 0 Å². The maximum absolute atomic E-state index is 13.2. The van der Waals surface area contributed by atoms with E-state index in [0.717, 1.165) is 11.1 Å². The molecule has 0 spiro atoms. The van der Waals surface area contributed by atoms with E-state index in [9.17, 15) is 14.3 Å². The summed E-state index contributed by atoms with van der Waals surface area (Å²) >= 11 is 0. The van der Waals surface area contributed by atoms with Crippen molar-refractivity contribution in [3.05, 3.63) is 71.0 Å². The van der Waals surface area contributed by atoms with E-state index in [1.165, 1.54) is 12.1 Å². The molecular formula is C20H23FN2O2. The summed E-state index contributed by atoms with van der Waals surface area (Å²) in [4.78, 5) is 15.9. The molecule has 1 saturated heterocycles. The van der Waals surface area contributed by atoms with Crippen molar-refractivity contribution >= 4 is 5.91 Å². The number of rotatable bonds is 4. The first-order valence-electron chi connectivity index (χ1n) is 8.42. The van der Waals surface area contributed by atoms with Gasteiger partial charge < -0.3 is 10.0 Å². The van der Waals surface area contributed by atoms with Crippen LogP contribution in [-0.2, 0) is 6.54 Å². The Morgan fingerprint density at radius 2 is 1.96 bits per heavy atom. The Balaban J connectivity index is 1.80. The van der Waals surface area contributed by atoms with Crippen LogP contribution in [0.5, 0.6) is 0 Å². The zero-order valence-corrected chi connectivity index (χ0v) is 14.5. The molecule has 0 saturated carbocycles. The Labute approximate surface area is 147 Å². The topological polar surface area (TPSA) is 43.8 Å². The Bertz CT molecular complexity index is 746. The lowest BCUT2D eigenvalue weighted by Gasteiger charge is -2.25. The van der Waals surface area contributed by atoms with Gasteiger partial charge in [0.15, 0.2) is 0 Å². The van der Waals surface area contributed by atoms with Gasteiger partial charge in [0, 0.05) is 38.8 Å². The molecule has 3 rings (SSSR count). The van der Waals surface area contributed by atoms with Crippen molar-refractivity contribution < 1.29 is 14.3 Å². The summed E-state index contributed by atoms with van der Waals surface area (Å²) in [6.07, 6.45) is 0.226. The van der Waals surface area contributed by atoms with Gasteiger partial charge in [-0.2, -0.15) is 0 Å². The van der Waals surface area contributed by atoms with Crippen LogP contribution in [0.4, 0.5) is 4.39 Å². The summed E-state index contributed by atoms with van der Waals surface area (Å²) in [5, 5.41) is 10.1. The molecule has 1 aliphatic rings. The summed E-state index contributed by atoms with van der Waals surface area (Å²) in [6.45, 7) is 1.20. The van der Waals surface area contributed by atoms with E-state index in [0.29, 0.717) is 25.1 Å². The molecule has 0 bridgehead atoms. The highest BCUT2D eigenvalue weighted by Gasteiger charge is 2.32. The number of aliphatic hydroxyl groups is 1. The normalized spacial score (nSPS) is 20.6. The van der Waals surface area contributed by atoms with Crippen LogP contribution in [0.2, 0.25) is 0 Å². The first kappa shape index (κ1) is 17.6. The number of β-amino-alcohol motifs (C(OH)–C–C–N with tert-alkyl or cyclic N) is 1. The molecule has 1 aliphatic heterocycles. The van der Waals surface area contributed by atoms with E-state index in [4.69, 9.17) is 0 Å². The third-order valence-electron chi connectivity index (χ3n) is 4.60. The number of carbonyl (C=O) groups excluding carboxylic acids is 1. The van der Waals surface area contributed by atoms with Gasteiger partial charge in [-0.3, -0.25) is 9.69 Å². The Kier molecular flexibility index (Phi) is 5.16. The van der Waals surface area contributed by atoms with Crippen molar-refractivity contribution in [1.82, 2.24) is 9.80 Å². The summed E-state index contributed by atoms with van der Waals surface area (Å²) in [5.41, 5.74) is 2.67. The molecule has 1 fully saturated rings. The molecule has 132 valence electrons. The molecule has 1 heterocycles. The van der Waals surface area contributed by atoms with E-state index in [2.05, 4.69) is 4.90 Å². The van der Waals surface area contributed by atoms with Gasteiger partial charge in [-0.15, -0.1) is 0 Å². The Morgan fingerprint density at radius 1 is 1.24 bits per heavy atom. The lowest BCUT2D eigenvalue weighted by Crippen LogP contribution is -2.25. The Morgan fingerprint density at radius 3 is 2.64 bits per heavy atom. The van der Waals surface area contributed by atoms with Gasteiger partial charge in [0.1, 0.15) is 5.82 Å². The molecule has 1 amide bonds. The van der Waals surface area contributed by atoms with Crippen molar-refractivity contribution in [2.24, 2.45) is 0 Å². The molecule has 0 aliphatic carbocycles. The van der Waals surface area contributed by atoms with Gasteiger partial charge in [0.05, 0.1) is 6.10 Å². The highest BCUT2D eigenvalue weighted by atomic mass is 19.1. The van der Waals surface area contributed by atoms with Crippen molar-refractivity contribution in [3.8, 4) is 0 Å². The summed E-state index contributed by atoms with van der Waals surface area (Å²) in [6, 6.07) is 14.1. The zero-order valence-electron chi connectivity index (χ0n) is 14.5. The van der Waals surface area contributed by atoms with Crippen molar-refractivity contribution in [2.45, 2.75) is 25.1 Å². The van der Waals surface area contributed by atoms with Gasteiger partial charge in [0.25, 0.3) is 5.91 Å². The number of hydrogen-bond donors (Lipinski definition) is 1. The fourth-order valence-electron chi connectivity index (χ4n) is 3.38. The van der Waals surface area contributed by atoms with E-state index < -0.39 is 6.10 Å². The quantitative estimate of drug-likeness (QED) is 0.929. The van der Waals surface area contributed by atoms with Crippen LogP contribution < -0.4 is 0 Å². The number of amides is 1. The Hall–Kier alpha value is -2.24. The van der Waals surface area contributed by atoms with Crippen LogP contribution in [0.15, 0.2) is 48.5 Å². The first-order valence-corrected chi connectivity index (χ1v) is 8.42. The van der Waals surface area contributed by atoms with E-state index in [1.54, 1.807) is 31.1 Å². The predicted molar refractivity (Wildman–Crippen MR) is 94.6 cm³/mol. The first-order chi connectivity index (χ1) is 11.9. The highest BCUT2D eigenvalue weighted by Crippen LogP contribution is 2.33. The van der Waals surface area contributed by atoms with Crippen LogP contribution in [0.1, 0.15) is 33.9 Å². The number of benzene rings is 2. The second-order valence-corrected chi connectivity index (χ2v) is 6.79. The van der Waals surface area contributed by atoms with E-state index in [1.807, 2.05) is 24.3 Å². The van der Waals surface area contributed by atoms with Crippen LogP contribution in [0, 0.1) is 5.82 Å². The van der Waals surface area contributed by atoms with Crippen LogP contribution in [-0.4, -0.2) is 47.6 Å². The molecule has 0 aromatic heterocycles. The largest absolute Gasteiger partial charge is 0.392 e. The number of likely N-dealkylation sites (tertiary alicyclic amines) is 1. The van der Waals surface area contributed by atoms with Gasteiger partial charge >= 0.3 is 0 Å². The molecule has 25 heavy (non-hydrogen) atoms. The lowest BCUT2D eigenvalue weighted by molar-refractivity contribution is 0.0827. The summed E-state index contributed by atoms with van der Waals surface area (Å²) < 4.78 is 13.2. The molecule has 0 radical (unpaired) electrons. The lowest BCUT2D eigenvalue weighted by atomic mass is 10.0. The second kappa shape index (κ2) is 7.33. The van der Waals surface area contributed by atoms with E-state index >= 15 is 0 Å². The molecule has 5 heteroatoms. The monoisotopic (exact) mass is 342 g/mol. The minimum absolute atomic E-state index is 0.0293. The molecular weight excluding hydrogens is 319 g/mol. The van der Waals surface area contributed by atoms with Gasteiger partial charge in [0.2, 0.25) is 0 Å². The maximum atomic E-state index is 13.2. The van der Waals surface area contributed by atoms with Gasteiger partial charge in [-0.05, 0) is 41.8 Å². The molecule has 1 N–H and O–H groups in total. The summed E-state index contributed by atoms with van der Waals surface area (Å²) in [7, 11) is 3.47. The smallest absolute Gasteiger partial charge is 0.253 e. The zero-order chi connectivity index (χ0) is 18.0. The predicted octanol–water partition coefficient (Wildman–Crippen LogP) is 2.84. The molecule has 2 aromatic rings. The molecule has 0 unspecified atom stereocenters. The van der Waals surface area contributed by atoms with E-state index in [-0.39, 0.29) is 17.8 Å².